The Kier molecular flexibility index (Phi) is 6.91. The van der Waals surface area contributed by atoms with Crippen molar-refractivity contribution in [2.24, 2.45) is 0 Å². The monoisotopic (exact) mass is 350 g/mol. The minimum absolute atomic E-state index is 0.0590. The third kappa shape index (κ3) is 5.55. The van der Waals surface area contributed by atoms with Crippen LogP contribution in [-0.4, -0.2) is 44.2 Å². The predicted octanol–water partition coefficient (Wildman–Crippen LogP) is 1.89. The lowest BCUT2D eigenvalue weighted by molar-refractivity contribution is -0.120. The summed E-state index contributed by atoms with van der Waals surface area (Å²) in [7, 11) is 0. The molecule has 2 rings (SSSR count). The van der Waals surface area contributed by atoms with Gasteiger partial charge in [-0.15, -0.1) is 0 Å². The summed E-state index contributed by atoms with van der Waals surface area (Å²) in [6.45, 7) is 6.82. The van der Waals surface area contributed by atoms with E-state index in [9.17, 15) is 9.59 Å². The maximum absolute atomic E-state index is 12.4. The van der Waals surface area contributed by atoms with E-state index in [-0.39, 0.29) is 24.4 Å². The maximum atomic E-state index is 12.4. The number of carbonyl (C=O) groups excluding carboxylic acids is 2. The molecule has 1 aliphatic rings. The van der Waals surface area contributed by atoms with Crippen LogP contribution in [0.15, 0.2) is 12.1 Å². The third-order valence-electron chi connectivity index (χ3n) is 3.52. The highest BCUT2D eigenvalue weighted by Crippen LogP contribution is 2.39. The van der Waals surface area contributed by atoms with Gasteiger partial charge in [-0.05, 0) is 45.7 Å². The molecule has 1 aromatic carbocycles. The molecule has 0 unspecified atom stereocenters. The molecule has 0 radical (unpaired) electrons. The first-order valence-electron chi connectivity index (χ1n) is 8.72. The number of rotatable bonds is 10. The van der Waals surface area contributed by atoms with Crippen LogP contribution in [0.3, 0.4) is 0 Å². The summed E-state index contributed by atoms with van der Waals surface area (Å²) < 4.78 is 16.8. The number of nitrogens with one attached hydrogen (secondary N) is 2. The first kappa shape index (κ1) is 18.9. The zero-order valence-corrected chi connectivity index (χ0v) is 15.0. The number of amides is 2. The molecule has 0 atom stereocenters. The number of hydrogen-bond donors (Lipinski definition) is 2. The van der Waals surface area contributed by atoms with Crippen LogP contribution in [-0.2, 0) is 4.79 Å². The Morgan fingerprint density at radius 3 is 2.04 bits per heavy atom. The van der Waals surface area contributed by atoms with Crippen LogP contribution in [0.2, 0.25) is 0 Å². The summed E-state index contributed by atoms with van der Waals surface area (Å²) >= 11 is 0. The van der Waals surface area contributed by atoms with Gasteiger partial charge in [0.1, 0.15) is 0 Å². The summed E-state index contributed by atoms with van der Waals surface area (Å²) in [5, 5.41) is 5.45. The average Bonchev–Trinajstić information content (AvgIpc) is 3.39. The summed E-state index contributed by atoms with van der Waals surface area (Å²) in [4.78, 5) is 24.1. The molecule has 2 N–H and O–H groups in total. The van der Waals surface area contributed by atoms with Crippen molar-refractivity contribution in [3.05, 3.63) is 17.7 Å². The standard InChI is InChI=1S/C18H26N2O5/c1-4-23-14-9-12(10-15(24-5-2)17(14)25-6-3)18(22)19-11-16(21)20-13-7-8-13/h9-10,13H,4-8,11H2,1-3H3,(H,19,22)(H,20,21). The van der Waals surface area contributed by atoms with Crippen LogP contribution in [0.4, 0.5) is 0 Å². The molecular weight excluding hydrogens is 324 g/mol. The highest BCUT2D eigenvalue weighted by atomic mass is 16.5. The van der Waals surface area contributed by atoms with Gasteiger partial charge in [-0.2, -0.15) is 0 Å². The summed E-state index contributed by atoms with van der Waals surface area (Å²) in [5.41, 5.74) is 0.356. The smallest absolute Gasteiger partial charge is 0.251 e. The zero-order chi connectivity index (χ0) is 18.2. The Morgan fingerprint density at radius 2 is 1.56 bits per heavy atom. The van der Waals surface area contributed by atoms with Gasteiger partial charge in [-0.1, -0.05) is 0 Å². The molecular formula is C18H26N2O5. The van der Waals surface area contributed by atoms with E-state index in [0.717, 1.165) is 12.8 Å². The first-order chi connectivity index (χ1) is 12.1. The molecule has 7 heteroatoms. The lowest BCUT2D eigenvalue weighted by Gasteiger charge is -2.17. The molecule has 1 fully saturated rings. The Hall–Kier alpha value is -2.44. The van der Waals surface area contributed by atoms with Crippen molar-refractivity contribution in [3.8, 4) is 17.2 Å². The molecule has 2 amide bonds. The van der Waals surface area contributed by atoms with Gasteiger partial charge in [0, 0.05) is 11.6 Å². The molecule has 7 nitrogen and oxygen atoms in total. The van der Waals surface area contributed by atoms with E-state index in [1.54, 1.807) is 12.1 Å². The maximum Gasteiger partial charge on any atom is 0.251 e. The first-order valence-corrected chi connectivity index (χ1v) is 8.72. The average molecular weight is 350 g/mol. The number of carbonyl (C=O) groups is 2. The molecule has 0 heterocycles. The quantitative estimate of drug-likeness (QED) is 0.673. The highest BCUT2D eigenvalue weighted by Gasteiger charge is 2.23. The van der Waals surface area contributed by atoms with Gasteiger partial charge in [0.25, 0.3) is 5.91 Å². The largest absolute Gasteiger partial charge is 0.490 e. The van der Waals surface area contributed by atoms with Gasteiger partial charge in [0.15, 0.2) is 11.5 Å². The molecule has 0 bridgehead atoms. The number of benzene rings is 1. The fourth-order valence-electron chi connectivity index (χ4n) is 2.29. The van der Waals surface area contributed by atoms with E-state index in [1.807, 2.05) is 20.8 Å². The van der Waals surface area contributed by atoms with Crippen molar-refractivity contribution < 1.29 is 23.8 Å². The highest BCUT2D eigenvalue weighted by molar-refractivity contribution is 5.97. The van der Waals surface area contributed by atoms with Crippen LogP contribution in [0.25, 0.3) is 0 Å². The van der Waals surface area contributed by atoms with Crippen molar-refractivity contribution in [1.29, 1.82) is 0 Å². The normalized spacial score (nSPS) is 13.1. The van der Waals surface area contributed by atoms with Crippen LogP contribution >= 0.6 is 0 Å². The summed E-state index contributed by atoms with van der Waals surface area (Å²) in [5.74, 6) is 0.827. The van der Waals surface area contributed by atoms with Gasteiger partial charge in [0.2, 0.25) is 11.7 Å². The van der Waals surface area contributed by atoms with E-state index in [0.29, 0.717) is 42.6 Å². The van der Waals surface area contributed by atoms with Gasteiger partial charge in [-0.3, -0.25) is 9.59 Å². The van der Waals surface area contributed by atoms with Crippen molar-refractivity contribution in [2.45, 2.75) is 39.7 Å². The Labute approximate surface area is 148 Å². The van der Waals surface area contributed by atoms with Crippen molar-refractivity contribution >= 4 is 11.8 Å². The SMILES string of the molecule is CCOc1cc(C(=O)NCC(=O)NC2CC2)cc(OCC)c1OCC. The zero-order valence-electron chi connectivity index (χ0n) is 15.0. The van der Waals surface area contributed by atoms with Crippen molar-refractivity contribution in [2.75, 3.05) is 26.4 Å². The molecule has 0 spiro atoms. The van der Waals surface area contributed by atoms with Gasteiger partial charge in [0.05, 0.1) is 26.4 Å². The Balaban J connectivity index is 2.13. The topological polar surface area (TPSA) is 85.9 Å². The fraction of sp³-hybridized carbons (Fsp3) is 0.556. The van der Waals surface area contributed by atoms with Crippen LogP contribution in [0, 0.1) is 0 Å². The second kappa shape index (κ2) is 9.15. The number of hydrogen-bond acceptors (Lipinski definition) is 5. The molecule has 1 saturated carbocycles. The van der Waals surface area contributed by atoms with E-state index in [2.05, 4.69) is 10.6 Å². The second-order valence-corrected chi connectivity index (χ2v) is 5.63. The van der Waals surface area contributed by atoms with Crippen LogP contribution in [0.5, 0.6) is 17.2 Å². The van der Waals surface area contributed by atoms with Crippen LogP contribution < -0.4 is 24.8 Å². The lowest BCUT2D eigenvalue weighted by Crippen LogP contribution is -2.37. The summed E-state index contributed by atoms with van der Waals surface area (Å²) in [6.07, 6.45) is 2.02. The van der Waals surface area contributed by atoms with E-state index in [4.69, 9.17) is 14.2 Å². The minimum atomic E-state index is -0.365. The van der Waals surface area contributed by atoms with Crippen molar-refractivity contribution in [1.82, 2.24) is 10.6 Å². The Bertz CT molecular complexity index is 586. The van der Waals surface area contributed by atoms with Crippen molar-refractivity contribution in [3.63, 3.8) is 0 Å². The molecule has 138 valence electrons. The molecule has 25 heavy (non-hydrogen) atoms. The predicted molar refractivity (Wildman–Crippen MR) is 93.4 cm³/mol. The molecule has 0 aromatic heterocycles. The van der Waals surface area contributed by atoms with Crippen LogP contribution in [0.1, 0.15) is 44.0 Å². The van der Waals surface area contributed by atoms with E-state index < -0.39 is 0 Å². The molecule has 0 saturated heterocycles. The number of ether oxygens (including phenoxy) is 3. The minimum Gasteiger partial charge on any atom is -0.490 e. The summed E-state index contributed by atoms with van der Waals surface area (Å²) in [6, 6.07) is 3.47. The van der Waals surface area contributed by atoms with E-state index in [1.165, 1.54) is 0 Å². The third-order valence-corrected chi connectivity index (χ3v) is 3.52. The molecule has 1 aliphatic carbocycles. The van der Waals surface area contributed by atoms with Gasteiger partial charge in [-0.25, -0.2) is 0 Å². The van der Waals surface area contributed by atoms with Gasteiger partial charge < -0.3 is 24.8 Å². The fourth-order valence-corrected chi connectivity index (χ4v) is 2.29. The van der Waals surface area contributed by atoms with Gasteiger partial charge >= 0.3 is 0 Å². The Morgan fingerprint density at radius 1 is 1.00 bits per heavy atom. The lowest BCUT2D eigenvalue weighted by atomic mass is 10.1. The second-order valence-electron chi connectivity index (χ2n) is 5.63. The molecule has 0 aliphatic heterocycles. The molecule has 1 aromatic rings. The van der Waals surface area contributed by atoms with E-state index >= 15 is 0 Å².